The van der Waals surface area contributed by atoms with E-state index in [2.05, 4.69) is 4.98 Å². The SMILES string of the molecule is Cc1nc(Oc2ccccc2)ccc1C(F)(F)F. The summed E-state index contributed by atoms with van der Waals surface area (Å²) in [6.45, 7) is 1.31. The van der Waals surface area contributed by atoms with E-state index in [1.165, 1.54) is 13.0 Å². The fourth-order valence-corrected chi connectivity index (χ4v) is 1.50. The van der Waals surface area contributed by atoms with Gasteiger partial charge in [0.2, 0.25) is 5.88 Å². The first-order chi connectivity index (χ1) is 8.47. The number of halogens is 3. The van der Waals surface area contributed by atoms with Gasteiger partial charge in [0.15, 0.2) is 0 Å². The third-order valence-corrected chi connectivity index (χ3v) is 2.33. The van der Waals surface area contributed by atoms with E-state index in [1.54, 1.807) is 24.3 Å². The first-order valence-electron chi connectivity index (χ1n) is 5.24. The van der Waals surface area contributed by atoms with Gasteiger partial charge in [0.1, 0.15) is 5.75 Å². The van der Waals surface area contributed by atoms with Gasteiger partial charge in [-0.2, -0.15) is 13.2 Å². The fourth-order valence-electron chi connectivity index (χ4n) is 1.50. The van der Waals surface area contributed by atoms with Crippen molar-refractivity contribution >= 4 is 0 Å². The summed E-state index contributed by atoms with van der Waals surface area (Å²) < 4.78 is 42.9. The highest BCUT2D eigenvalue weighted by Crippen LogP contribution is 2.32. The maximum Gasteiger partial charge on any atom is 0.418 e. The number of benzene rings is 1. The van der Waals surface area contributed by atoms with E-state index < -0.39 is 11.7 Å². The van der Waals surface area contributed by atoms with Gasteiger partial charge < -0.3 is 4.74 Å². The number of alkyl halides is 3. The standard InChI is InChI=1S/C13H10F3NO/c1-9-11(13(14,15)16)7-8-12(17-9)18-10-5-3-2-4-6-10/h2-8H,1H3. The number of aromatic nitrogens is 1. The number of hydrogen-bond donors (Lipinski definition) is 0. The first-order valence-corrected chi connectivity index (χ1v) is 5.24. The summed E-state index contributed by atoms with van der Waals surface area (Å²) >= 11 is 0. The lowest BCUT2D eigenvalue weighted by Crippen LogP contribution is -2.08. The molecular formula is C13H10F3NO. The summed E-state index contributed by atoms with van der Waals surface area (Å²) in [4.78, 5) is 3.79. The average Bonchev–Trinajstić information content (AvgIpc) is 2.28. The molecule has 1 heterocycles. The van der Waals surface area contributed by atoms with Gasteiger partial charge >= 0.3 is 6.18 Å². The molecule has 2 rings (SSSR count). The van der Waals surface area contributed by atoms with Crippen molar-refractivity contribution in [1.29, 1.82) is 0 Å². The summed E-state index contributed by atoms with van der Waals surface area (Å²) in [5, 5.41) is 0. The van der Waals surface area contributed by atoms with Crippen molar-refractivity contribution in [2.75, 3.05) is 0 Å². The Morgan fingerprint density at radius 3 is 2.22 bits per heavy atom. The van der Waals surface area contributed by atoms with Crippen LogP contribution in [0.2, 0.25) is 0 Å². The number of rotatable bonds is 2. The Balaban J connectivity index is 2.25. The molecule has 0 amide bonds. The van der Waals surface area contributed by atoms with Crippen molar-refractivity contribution in [3.05, 3.63) is 53.7 Å². The number of pyridine rings is 1. The van der Waals surface area contributed by atoms with Crippen LogP contribution in [0.5, 0.6) is 11.6 Å². The molecule has 5 heteroatoms. The van der Waals surface area contributed by atoms with Crippen LogP contribution in [0.25, 0.3) is 0 Å². The Morgan fingerprint density at radius 2 is 1.67 bits per heavy atom. The first kappa shape index (κ1) is 12.4. The van der Waals surface area contributed by atoms with Gasteiger partial charge in [-0.05, 0) is 25.1 Å². The highest BCUT2D eigenvalue weighted by molar-refractivity contribution is 5.31. The molecule has 1 aromatic heterocycles. The smallest absolute Gasteiger partial charge is 0.418 e. The number of hydrogen-bond acceptors (Lipinski definition) is 2. The van der Waals surface area contributed by atoms with Crippen molar-refractivity contribution in [3.63, 3.8) is 0 Å². The molecule has 94 valence electrons. The normalized spacial score (nSPS) is 11.3. The van der Waals surface area contributed by atoms with Gasteiger partial charge in [-0.15, -0.1) is 0 Å². The van der Waals surface area contributed by atoms with Crippen LogP contribution in [0.15, 0.2) is 42.5 Å². The molecule has 0 unspecified atom stereocenters. The minimum absolute atomic E-state index is 0.101. The zero-order valence-electron chi connectivity index (χ0n) is 9.53. The van der Waals surface area contributed by atoms with Crippen LogP contribution in [0.3, 0.4) is 0 Å². The van der Waals surface area contributed by atoms with Gasteiger partial charge in [-0.1, -0.05) is 18.2 Å². The van der Waals surface area contributed by atoms with Crippen LogP contribution in [0, 0.1) is 6.92 Å². The Kier molecular flexibility index (Phi) is 3.23. The van der Waals surface area contributed by atoms with E-state index in [4.69, 9.17) is 4.74 Å². The zero-order valence-corrected chi connectivity index (χ0v) is 9.53. The van der Waals surface area contributed by atoms with Crippen LogP contribution in [0.4, 0.5) is 13.2 Å². The lowest BCUT2D eigenvalue weighted by atomic mass is 10.2. The number of para-hydroxylation sites is 1. The summed E-state index contributed by atoms with van der Waals surface area (Å²) in [6.07, 6.45) is -4.39. The molecule has 2 nitrogen and oxygen atoms in total. The summed E-state index contributed by atoms with van der Waals surface area (Å²) in [7, 11) is 0. The van der Waals surface area contributed by atoms with Crippen LogP contribution in [-0.4, -0.2) is 4.98 Å². The lowest BCUT2D eigenvalue weighted by molar-refractivity contribution is -0.138. The van der Waals surface area contributed by atoms with E-state index in [0.717, 1.165) is 6.07 Å². The second-order valence-corrected chi connectivity index (χ2v) is 3.70. The third kappa shape index (κ3) is 2.80. The molecule has 0 N–H and O–H groups in total. The highest BCUT2D eigenvalue weighted by atomic mass is 19.4. The second-order valence-electron chi connectivity index (χ2n) is 3.70. The summed E-state index contributed by atoms with van der Waals surface area (Å²) in [6, 6.07) is 10.9. The molecule has 0 radical (unpaired) electrons. The Labute approximate surface area is 102 Å². The van der Waals surface area contributed by atoms with Crippen LogP contribution < -0.4 is 4.74 Å². The molecule has 0 bridgehead atoms. The molecule has 0 aliphatic rings. The van der Waals surface area contributed by atoms with Gasteiger partial charge in [-0.25, -0.2) is 4.98 Å². The third-order valence-electron chi connectivity index (χ3n) is 2.33. The topological polar surface area (TPSA) is 22.1 Å². The van der Waals surface area contributed by atoms with Crippen LogP contribution >= 0.6 is 0 Å². The monoisotopic (exact) mass is 253 g/mol. The number of aryl methyl sites for hydroxylation is 1. The zero-order chi connectivity index (χ0) is 13.2. The molecule has 1 aromatic carbocycles. The molecule has 0 saturated carbocycles. The lowest BCUT2D eigenvalue weighted by Gasteiger charge is -2.11. The average molecular weight is 253 g/mol. The quantitative estimate of drug-likeness (QED) is 0.800. The van der Waals surface area contributed by atoms with E-state index >= 15 is 0 Å². The van der Waals surface area contributed by atoms with Crippen molar-refractivity contribution in [2.24, 2.45) is 0 Å². The van der Waals surface area contributed by atoms with Crippen molar-refractivity contribution in [1.82, 2.24) is 4.98 Å². The molecular weight excluding hydrogens is 243 g/mol. The molecule has 0 fully saturated rings. The molecule has 2 aromatic rings. The highest BCUT2D eigenvalue weighted by Gasteiger charge is 2.33. The summed E-state index contributed by atoms with van der Waals surface area (Å²) in [5.74, 6) is 0.677. The van der Waals surface area contributed by atoms with Gasteiger partial charge in [0, 0.05) is 6.07 Å². The molecule has 0 saturated heterocycles. The minimum atomic E-state index is -4.39. The number of ether oxygens (including phenoxy) is 1. The van der Waals surface area contributed by atoms with Crippen molar-refractivity contribution in [3.8, 4) is 11.6 Å². The predicted octanol–water partition coefficient (Wildman–Crippen LogP) is 4.20. The fraction of sp³-hybridized carbons (Fsp3) is 0.154. The van der Waals surface area contributed by atoms with Gasteiger partial charge in [-0.3, -0.25) is 0 Å². The molecule has 0 atom stereocenters. The molecule has 18 heavy (non-hydrogen) atoms. The van der Waals surface area contributed by atoms with Crippen LogP contribution in [0.1, 0.15) is 11.3 Å². The predicted molar refractivity (Wildman–Crippen MR) is 60.5 cm³/mol. The summed E-state index contributed by atoms with van der Waals surface area (Å²) in [5.41, 5.74) is -0.848. The largest absolute Gasteiger partial charge is 0.439 e. The molecule has 0 spiro atoms. The Bertz CT molecular complexity index is 538. The van der Waals surface area contributed by atoms with E-state index in [9.17, 15) is 13.2 Å². The maximum absolute atomic E-state index is 12.5. The van der Waals surface area contributed by atoms with Crippen molar-refractivity contribution < 1.29 is 17.9 Å². The maximum atomic E-state index is 12.5. The second kappa shape index (κ2) is 4.68. The van der Waals surface area contributed by atoms with Gasteiger partial charge in [0.05, 0.1) is 11.3 Å². The Morgan fingerprint density at radius 1 is 1.00 bits per heavy atom. The van der Waals surface area contributed by atoms with Crippen molar-refractivity contribution in [2.45, 2.75) is 13.1 Å². The van der Waals surface area contributed by atoms with E-state index in [-0.39, 0.29) is 11.6 Å². The van der Waals surface area contributed by atoms with E-state index in [1.807, 2.05) is 6.07 Å². The van der Waals surface area contributed by atoms with Crippen LogP contribution in [-0.2, 0) is 6.18 Å². The molecule has 0 aliphatic heterocycles. The molecule has 0 aliphatic carbocycles. The number of nitrogens with zero attached hydrogens (tertiary/aromatic N) is 1. The van der Waals surface area contributed by atoms with Gasteiger partial charge in [0.25, 0.3) is 0 Å². The Hall–Kier alpha value is -2.04. The van der Waals surface area contributed by atoms with E-state index in [0.29, 0.717) is 5.75 Å². The minimum Gasteiger partial charge on any atom is -0.439 e.